The molecule has 0 aliphatic carbocycles. The number of imidazole rings is 1. The molecule has 0 saturated carbocycles. The Hall–Kier alpha value is -3.28. The van der Waals surface area contributed by atoms with E-state index in [-0.39, 0.29) is 18.6 Å². The molecule has 2 heterocycles. The second kappa shape index (κ2) is 8.17. The number of fused-ring (bicyclic) bond motifs is 1. The predicted octanol–water partition coefficient (Wildman–Crippen LogP) is 3.47. The minimum absolute atomic E-state index is 0.0165. The van der Waals surface area contributed by atoms with Crippen molar-refractivity contribution in [2.75, 3.05) is 6.79 Å². The predicted molar refractivity (Wildman–Crippen MR) is 105 cm³/mol. The van der Waals surface area contributed by atoms with Crippen LogP contribution in [0.2, 0.25) is 0 Å². The van der Waals surface area contributed by atoms with Gasteiger partial charge >= 0.3 is 0 Å². The Balaban J connectivity index is 1.52. The standard InChI is InChI=1S/C22H23N3O3/c1-2-25-11-10-23-21(25)14-24-22(26)13-18(16-6-4-3-5-7-16)17-8-9-19-20(12-17)28-15-27-19/h3-12,18H,2,13-15H2,1H3,(H,24,26)/t18-/m0/s1. The molecule has 0 radical (unpaired) electrons. The van der Waals surface area contributed by atoms with Crippen LogP contribution in [-0.4, -0.2) is 22.3 Å². The summed E-state index contributed by atoms with van der Waals surface area (Å²) in [5.41, 5.74) is 2.12. The third-order valence-corrected chi connectivity index (χ3v) is 4.98. The normalized spacial score (nSPS) is 13.3. The molecule has 4 rings (SSSR count). The van der Waals surface area contributed by atoms with Crippen molar-refractivity contribution in [2.24, 2.45) is 0 Å². The Morgan fingerprint density at radius 3 is 2.79 bits per heavy atom. The summed E-state index contributed by atoms with van der Waals surface area (Å²) in [7, 11) is 0. The van der Waals surface area contributed by atoms with E-state index in [2.05, 4.69) is 17.2 Å². The highest BCUT2D eigenvalue weighted by Crippen LogP contribution is 2.37. The number of nitrogens with one attached hydrogen (secondary N) is 1. The number of rotatable bonds is 7. The molecule has 0 fully saturated rings. The molecule has 1 amide bonds. The lowest BCUT2D eigenvalue weighted by Crippen LogP contribution is -2.26. The van der Waals surface area contributed by atoms with Gasteiger partial charge in [-0.05, 0) is 30.2 Å². The van der Waals surface area contributed by atoms with Crippen molar-refractivity contribution in [1.82, 2.24) is 14.9 Å². The van der Waals surface area contributed by atoms with Crippen molar-refractivity contribution in [2.45, 2.75) is 32.4 Å². The Labute approximate surface area is 164 Å². The van der Waals surface area contributed by atoms with E-state index in [9.17, 15) is 4.79 Å². The summed E-state index contributed by atoms with van der Waals surface area (Å²) in [5.74, 6) is 2.24. The highest BCUT2D eigenvalue weighted by atomic mass is 16.7. The first-order valence-electron chi connectivity index (χ1n) is 9.45. The highest BCUT2D eigenvalue weighted by molar-refractivity contribution is 5.77. The molecule has 0 saturated heterocycles. The van der Waals surface area contributed by atoms with Gasteiger partial charge in [0.15, 0.2) is 11.5 Å². The van der Waals surface area contributed by atoms with Gasteiger partial charge in [0.05, 0.1) is 6.54 Å². The lowest BCUT2D eigenvalue weighted by atomic mass is 9.88. The van der Waals surface area contributed by atoms with Crippen molar-refractivity contribution < 1.29 is 14.3 Å². The van der Waals surface area contributed by atoms with Crippen molar-refractivity contribution in [3.8, 4) is 11.5 Å². The second-order valence-electron chi connectivity index (χ2n) is 6.69. The number of nitrogens with zero attached hydrogens (tertiary/aromatic N) is 2. The molecule has 1 aliphatic rings. The van der Waals surface area contributed by atoms with E-state index < -0.39 is 0 Å². The van der Waals surface area contributed by atoms with Crippen LogP contribution in [0.3, 0.4) is 0 Å². The molecule has 0 unspecified atom stereocenters. The largest absolute Gasteiger partial charge is 0.454 e. The first-order valence-corrected chi connectivity index (χ1v) is 9.45. The zero-order valence-electron chi connectivity index (χ0n) is 15.8. The molecular weight excluding hydrogens is 354 g/mol. The lowest BCUT2D eigenvalue weighted by molar-refractivity contribution is -0.121. The van der Waals surface area contributed by atoms with Crippen LogP contribution in [0, 0.1) is 0 Å². The number of amides is 1. The minimum Gasteiger partial charge on any atom is -0.454 e. The van der Waals surface area contributed by atoms with Gasteiger partial charge in [0.2, 0.25) is 12.7 Å². The SMILES string of the molecule is CCn1ccnc1CNC(=O)C[C@@H](c1ccccc1)c1ccc2c(c1)OCO2. The van der Waals surface area contributed by atoms with E-state index in [0.29, 0.717) is 13.0 Å². The summed E-state index contributed by atoms with van der Waals surface area (Å²) < 4.78 is 12.9. The van der Waals surface area contributed by atoms with E-state index in [4.69, 9.17) is 9.47 Å². The number of ether oxygens (including phenoxy) is 2. The van der Waals surface area contributed by atoms with Gasteiger partial charge in [-0.2, -0.15) is 0 Å². The molecule has 1 aromatic heterocycles. The van der Waals surface area contributed by atoms with Crippen LogP contribution in [0.1, 0.15) is 36.2 Å². The number of aromatic nitrogens is 2. The maximum Gasteiger partial charge on any atom is 0.231 e. The molecule has 0 spiro atoms. The van der Waals surface area contributed by atoms with E-state index in [1.54, 1.807) is 6.20 Å². The number of benzene rings is 2. The number of hydrogen-bond acceptors (Lipinski definition) is 4. The van der Waals surface area contributed by atoms with Crippen LogP contribution in [0.25, 0.3) is 0 Å². The maximum absolute atomic E-state index is 12.7. The first-order chi connectivity index (χ1) is 13.7. The maximum atomic E-state index is 12.7. The van der Waals surface area contributed by atoms with Gasteiger partial charge in [-0.15, -0.1) is 0 Å². The Morgan fingerprint density at radius 1 is 1.14 bits per heavy atom. The molecule has 3 aromatic rings. The summed E-state index contributed by atoms with van der Waals surface area (Å²) in [6, 6.07) is 15.9. The van der Waals surface area contributed by atoms with E-state index >= 15 is 0 Å². The van der Waals surface area contributed by atoms with Crippen molar-refractivity contribution in [3.63, 3.8) is 0 Å². The first kappa shape index (κ1) is 18.1. The number of hydrogen-bond donors (Lipinski definition) is 1. The fourth-order valence-corrected chi connectivity index (χ4v) is 3.47. The highest BCUT2D eigenvalue weighted by Gasteiger charge is 2.22. The van der Waals surface area contributed by atoms with Crippen LogP contribution in [0.15, 0.2) is 60.9 Å². The quantitative estimate of drug-likeness (QED) is 0.685. The van der Waals surface area contributed by atoms with Gasteiger partial charge in [0, 0.05) is 31.3 Å². The van der Waals surface area contributed by atoms with Crippen LogP contribution in [0.5, 0.6) is 11.5 Å². The zero-order valence-corrected chi connectivity index (χ0v) is 15.8. The molecule has 6 nitrogen and oxygen atoms in total. The van der Waals surface area contributed by atoms with E-state index in [1.807, 2.05) is 59.3 Å². The molecule has 28 heavy (non-hydrogen) atoms. The van der Waals surface area contributed by atoms with E-state index in [1.165, 1.54) is 0 Å². The van der Waals surface area contributed by atoms with Crippen molar-refractivity contribution in [1.29, 1.82) is 0 Å². The monoisotopic (exact) mass is 377 g/mol. The Morgan fingerprint density at radius 2 is 1.96 bits per heavy atom. The Kier molecular flexibility index (Phi) is 5.28. The molecular formula is C22H23N3O3. The summed E-state index contributed by atoms with van der Waals surface area (Å²) in [5, 5.41) is 3.00. The number of aryl methyl sites for hydroxylation is 1. The number of carbonyl (C=O) groups is 1. The van der Waals surface area contributed by atoms with Gasteiger partial charge in [-0.3, -0.25) is 4.79 Å². The molecule has 0 bridgehead atoms. The fraction of sp³-hybridized carbons (Fsp3) is 0.273. The van der Waals surface area contributed by atoms with Crippen molar-refractivity contribution >= 4 is 5.91 Å². The van der Waals surface area contributed by atoms with Crippen LogP contribution >= 0.6 is 0 Å². The minimum atomic E-state index is -0.0679. The summed E-state index contributed by atoms with van der Waals surface area (Å²) in [6.07, 6.45) is 4.02. The molecule has 144 valence electrons. The van der Waals surface area contributed by atoms with Crippen LogP contribution < -0.4 is 14.8 Å². The Bertz CT molecular complexity index is 953. The third-order valence-electron chi connectivity index (χ3n) is 4.98. The molecule has 1 N–H and O–H groups in total. The second-order valence-corrected chi connectivity index (χ2v) is 6.69. The smallest absolute Gasteiger partial charge is 0.231 e. The van der Waals surface area contributed by atoms with Gasteiger partial charge < -0.3 is 19.4 Å². The van der Waals surface area contributed by atoms with E-state index in [0.717, 1.165) is 35.0 Å². The van der Waals surface area contributed by atoms with Crippen LogP contribution in [-0.2, 0) is 17.9 Å². The summed E-state index contributed by atoms with van der Waals surface area (Å²) in [4.78, 5) is 17.0. The van der Waals surface area contributed by atoms with Gasteiger partial charge in [-0.25, -0.2) is 4.98 Å². The molecule has 1 aliphatic heterocycles. The average Bonchev–Trinajstić information content (AvgIpc) is 3.39. The third kappa shape index (κ3) is 3.86. The summed E-state index contributed by atoms with van der Waals surface area (Å²) >= 11 is 0. The lowest BCUT2D eigenvalue weighted by Gasteiger charge is -2.18. The zero-order chi connectivity index (χ0) is 19.3. The molecule has 2 aromatic carbocycles. The summed E-state index contributed by atoms with van der Waals surface area (Å²) in [6.45, 7) is 3.54. The average molecular weight is 377 g/mol. The number of carbonyl (C=O) groups excluding carboxylic acids is 1. The molecule has 1 atom stereocenters. The van der Waals surface area contributed by atoms with Gasteiger partial charge in [-0.1, -0.05) is 36.4 Å². The molecule has 6 heteroatoms. The van der Waals surface area contributed by atoms with Gasteiger partial charge in [0.1, 0.15) is 5.82 Å². The van der Waals surface area contributed by atoms with Crippen molar-refractivity contribution in [3.05, 3.63) is 77.9 Å². The van der Waals surface area contributed by atoms with Gasteiger partial charge in [0.25, 0.3) is 0 Å². The van der Waals surface area contributed by atoms with Crippen LogP contribution in [0.4, 0.5) is 0 Å². The topological polar surface area (TPSA) is 65.4 Å². The fourth-order valence-electron chi connectivity index (χ4n) is 3.47.